The van der Waals surface area contributed by atoms with Crippen molar-refractivity contribution >= 4 is 21.5 Å². The van der Waals surface area contributed by atoms with Gasteiger partial charge in [-0.25, -0.2) is 18.3 Å². The third-order valence-corrected chi connectivity index (χ3v) is 5.36. The lowest BCUT2D eigenvalue weighted by Crippen LogP contribution is -2.43. The number of nitrogens with zero attached hydrogens (tertiary/aromatic N) is 2. The van der Waals surface area contributed by atoms with E-state index in [4.69, 9.17) is 24.6 Å². The number of aliphatic hydroxyl groups excluding tert-OH is 2. The molecule has 2 rings (SSSR count). The van der Waals surface area contributed by atoms with Gasteiger partial charge in [0.2, 0.25) is 0 Å². The van der Waals surface area contributed by atoms with Crippen molar-refractivity contribution in [1.29, 1.82) is 0 Å². The van der Waals surface area contributed by atoms with E-state index < -0.39 is 52.2 Å². The highest BCUT2D eigenvalue weighted by Gasteiger charge is 2.57. The molecular formula is C9H14FN3O12P2. The molecule has 1 aliphatic heterocycles. The molecule has 0 spiro atoms. The summed E-state index contributed by atoms with van der Waals surface area (Å²) in [4.78, 5) is 41.1. The Balaban J connectivity index is 2.19. The minimum atomic E-state index is -5.47. The number of phosphoric ester groups is 1. The lowest BCUT2D eigenvalue weighted by Gasteiger charge is -2.23. The molecule has 1 fully saturated rings. The van der Waals surface area contributed by atoms with E-state index >= 15 is 0 Å². The summed E-state index contributed by atoms with van der Waals surface area (Å²) in [6, 6.07) is 1.04. The van der Waals surface area contributed by atoms with Crippen LogP contribution < -0.4 is 11.2 Å². The standard InChI is InChI=1S/C9H14FN3O12P2/c10-9(3-23-27(21,22)25-26(18,19)20)6(15)5(14)7(24-9)13-2-1-4(12-17)11-8(13)16/h1-2,5-7,14-15,17H,3H2,(H,21,22)(H,11,12,16)(H2,18,19,20)/t5-,6+,7-,9-/m1/s1. The van der Waals surface area contributed by atoms with E-state index in [2.05, 4.69) is 13.8 Å². The van der Waals surface area contributed by atoms with Crippen LogP contribution in [-0.4, -0.2) is 64.3 Å². The fourth-order valence-electron chi connectivity index (χ4n) is 2.09. The highest BCUT2D eigenvalue weighted by molar-refractivity contribution is 7.60. The second-order valence-electron chi connectivity index (χ2n) is 5.16. The van der Waals surface area contributed by atoms with E-state index in [-0.39, 0.29) is 5.82 Å². The van der Waals surface area contributed by atoms with Gasteiger partial charge >= 0.3 is 21.3 Å². The Morgan fingerprint density at radius 3 is 2.52 bits per heavy atom. The van der Waals surface area contributed by atoms with Crippen molar-refractivity contribution in [1.82, 2.24) is 9.55 Å². The summed E-state index contributed by atoms with van der Waals surface area (Å²) in [6.45, 7) is -1.60. The van der Waals surface area contributed by atoms with Gasteiger partial charge in [-0.15, -0.1) is 0 Å². The predicted octanol–water partition coefficient (Wildman–Crippen LogP) is -1.81. The van der Waals surface area contributed by atoms with Gasteiger partial charge in [0.25, 0.3) is 5.85 Å². The summed E-state index contributed by atoms with van der Waals surface area (Å²) < 4.78 is 49.3. The molecule has 7 N–H and O–H groups in total. The number of alkyl halides is 1. The van der Waals surface area contributed by atoms with Crippen LogP contribution in [0.15, 0.2) is 17.1 Å². The molecule has 1 saturated heterocycles. The minimum Gasteiger partial charge on any atom is -0.385 e. The van der Waals surface area contributed by atoms with E-state index in [0.717, 1.165) is 12.3 Å². The van der Waals surface area contributed by atoms with Crippen molar-refractivity contribution in [2.24, 2.45) is 0 Å². The van der Waals surface area contributed by atoms with Crippen LogP contribution in [0.5, 0.6) is 0 Å². The van der Waals surface area contributed by atoms with E-state index in [9.17, 15) is 28.5 Å². The summed E-state index contributed by atoms with van der Waals surface area (Å²) in [6.07, 6.45) is -5.41. The molecule has 1 aliphatic rings. The van der Waals surface area contributed by atoms with E-state index in [1.54, 1.807) is 5.48 Å². The first kappa shape index (κ1) is 22.0. The summed E-state index contributed by atoms with van der Waals surface area (Å²) in [7, 11) is -10.9. The topological polar surface area (TPSA) is 230 Å². The quantitative estimate of drug-likeness (QED) is 0.184. The summed E-state index contributed by atoms with van der Waals surface area (Å²) in [5.41, 5.74) is 0.438. The Labute approximate surface area is 148 Å². The normalized spacial score (nSPS) is 30.9. The van der Waals surface area contributed by atoms with Crippen LogP contribution in [0.25, 0.3) is 0 Å². The van der Waals surface area contributed by atoms with Crippen molar-refractivity contribution < 1.29 is 57.2 Å². The number of nitrogens with one attached hydrogen (secondary N) is 1. The van der Waals surface area contributed by atoms with Crippen LogP contribution in [0.2, 0.25) is 0 Å². The van der Waals surface area contributed by atoms with Crippen molar-refractivity contribution in [2.75, 3.05) is 12.1 Å². The molecule has 0 aromatic carbocycles. The van der Waals surface area contributed by atoms with Crippen molar-refractivity contribution in [3.63, 3.8) is 0 Å². The van der Waals surface area contributed by atoms with Crippen molar-refractivity contribution in [2.45, 2.75) is 24.3 Å². The smallest absolute Gasteiger partial charge is 0.385 e. The third-order valence-electron chi connectivity index (χ3n) is 3.23. The first-order chi connectivity index (χ1) is 12.3. The molecule has 18 heteroatoms. The summed E-state index contributed by atoms with van der Waals surface area (Å²) in [5.74, 6) is -3.65. The number of aliphatic hydroxyl groups is 2. The number of rotatable bonds is 7. The van der Waals surface area contributed by atoms with Gasteiger partial charge in [0.15, 0.2) is 12.0 Å². The summed E-state index contributed by atoms with van der Waals surface area (Å²) in [5, 5.41) is 28.3. The van der Waals surface area contributed by atoms with Gasteiger partial charge in [-0.1, -0.05) is 0 Å². The maximum absolute atomic E-state index is 14.7. The molecular weight excluding hydrogens is 423 g/mol. The Bertz CT molecular complexity index is 846. The molecule has 0 bridgehead atoms. The van der Waals surface area contributed by atoms with Crippen LogP contribution in [0.1, 0.15) is 6.23 Å². The Hall–Kier alpha value is -1.29. The maximum atomic E-state index is 14.7. The zero-order chi connectivity index (χ0) is 20.6. The second-order valence-corrected chi connectivity index (χ2v) is 7.99. The van der Waals surface area contributed by atoms with Crippen LogP contribution in [0, 0.1) is 0 Å². The predicted molar refractivity (Wildman–Crippen MR) is 78.8 cm³/mol. The van der Waals surface area contributed by atoms with Crippen LogP contribution in [0.3, 0.4) is 0 Å². The van der Waals surface area contributed by atoms with Crippen LogP contribution in [0.4, 0.5) is 10.2 Å². The number of halogens is 1. The van der Waals surface area contributed by atoms with Crippen molar-refractivity contribution in [3.8, 4) is 0 Å². The minimum absolute atomic E-state index is 0.282. The molecule has 1 aromatic rings. The molecule has 15 nitrogen and oxygen atoms in total. The molecule has 0 saturated carbocycles. The van der Waals surface area contributed by atoms with Crippen molar-refractivity contribution in [3.05, 3.63) is 22.7 Å². The summed E-state index contributed by atoms with van der Waals surface area (Å²) >= 11 is 0. The fourth-order valence-corrected chi connectivity index (χ4v) is 3.69. The Morgan fingerprint density at radius 1 is 1.37 bits per heavy atom. The third kappa shape index (κ3) is 5.16. The van der Waals surface area contributed by atoms with Gasteiger partial charge in [-0.3, -0.25) is 19.8 Å². The zero-order valence-corrected chi connectivity index (χ0v) is 14.7. The Kier molecular flexibility index (Phi) is 6.21. The molecule has 0 radical (unpaired) electrons. The first-order valence-corrected chi connectivity index (χ1v) is 9.77. The largest absolute Gasteiger partial charge is 0.481 e. The average molecular weight is 437 g/mol. The van der Waals surface area contributed by atoms with Gasteiger partial charge in [-0.2, -0.15) is 9.29 Å². The Morgan fingerprint density at radius 2 is 2.00 bits per heavy atom. The number of aromatic nitrogens is 2. The number of hydrogen-bond donors (Lipinski definition) is 7. The zero-order valence-electron chi connectivity index (χ0n) is 12.9. The molecule has 1 aromatic heterocycles. The molecule has 0 amide bonds. The number of anilines is 1. The van der Waals surface area contributed by atoms with Gasteiger partial charge in [-0.05, 0) is 6.07 Å². The van der Waals surface area contributed by atoms with Crippen LogP contribution in [-0.2, 0) is 22.7 Å². The lowest BCUT2D eigenvalue weighted by molar-refractivity contribution is -0.204. The molecule has 0 aliphatic carbocycles. The van der Waals surface area contributed by atoms with Gasteiger partial charge in [0, 0.05) is 6.20 Å². The SMILES string of the molecule is O=c1nc(NO)ccn1[C@@H]1O[C@](F)(COP(=O)(O)OP(=O)(O)O)[C@@H](O)[C@H]1O. The monoisotopic (exact) mass is 437 g/mol. The lowest BCUT2D eigenvalue weighted by atomic mass is 10.1. The highest BCUT2D eigenvalue weighted by Crippen LogP contribution is 2.58. The molecule has 1 unspecified atom stereocenters. The molecule has 5 atom stereocenters. The van der Waals surface area contributed by atoms with Gasteiger partial charge < -0.3 is 29.6 Å². The average Bonchev–Trinajstić information content (AvgIpc) is 2.76. The van der Waals surface area contributed by atoms with Gasteiger partial charge in [0.05, 0.1) is 0 Å². The molecule has 2 heterocycles. The first-order valence-electron chi connectivity index (χ1n) is 6.74. The fraction of sp³-hybridized carbons (Fsp3) is 0.556. The van der Waals surface area contributed by atoms with Crippen LogP contribution >= 0.6 is 15.6 Å². The van der Waals surface area contributed by atoms with E-state index in [1.165, 1.54) is 0 Å². The number of phosphoric acid groups is 2. The van der Waals surface area contributed by atoms with E-state index in [0.29, 0.717) is 4.57 Å². The molecule has 27 heavy (non-hydrogen) atoms. The highest BCUT2D eigenvalue weighted by atomic mass is 31.3. The number of ether oxygens (including phenoxy) is 1. The second kappa shape index (κ2) is 7.62. The molecule has 154 valence electrons. The number of hydrogen-bond acceptors (Lipinski definition) is 11. The van der Waals surface area contributed by atoms with Gasteiger partial charge in [0.1, 0.15) is 18.8 Å². The maximum Gasteiger partial charge on any atom is 0.481 e. The van der Waals surface area contributed by atoms with E-state index in [1.807, 2.05) is 0 Å².